The smallest absolute Gasteiger partial charge is 0.206 e. The molecule has 0 bridgehead atoms. The van der Waals surface area contributed by atoms with E-state index in [0.717, 1.165) is 11.3 Å². The Bertz CT molecular complexity index is 981. The third-order valence-corrected chi connectivity index (χ3v) is 8.01. The van der Waals surface area contributed by atoms with Crippen molar-refractivity contribution in [2.75, 3.05) is 0 Å². The second-order valence-corrected chi connectivity index (χ2v) is 9.93. The van der Waals surface area contributed by atoms with Crippen LogP contribution in [0.25, 0.3) is 0 Å². The number of rotatable bonds is 6. The SMILES string of the molecule is C[C@@H]1[C@@H](NS(=O)(=O)c2ccc(Cc3ccccc3)s2)[C@@H]1c1ccccc1. The molecule has 0 spiro atoms. The summed E-state index contributed by atoms with van der Waals surface area (Å²) in [6.45, 7) is 2.10. The number of hydrogen-bond donors (Lipinski definition) is 1. The minimum Gasteiger partial charge on any atom is -0.206 e. The number of benzene rings is 2. The Morgan fingerprint density at radius 3 is 2.27 bits per heavy atom. The van der Waals surface area contributed by atoms with Crippen LogP contribution >= 0.6 is 11.3 Å². The molecule has 0 saturated heterocycles. The molecule has 2 aromatic carbocycles. The maximum absolute atomic E-state index is 12.8. The first-order chi connectivity index (χ1) is 12.5. The first-order valence-electron chi connectivity index (χ1n) is 8.74. The van der Waals surface area contributed by atoms with Gasteiger partial charge < -0.3 is 0 Å². The lowest BCUT2D eigenvalue weighted by molar-refractivity contribution is 0.580. The van der Waals surface area contributed by atoms with Crippen LogP contribution < -0.4 is 4.72 Å². The zero-order valence-corrected chi connectivity index (χ0v) is 16.1. The first kappa shape index (κ1) is 17.5. The van der Waals surface area contributed by atoms with Crippen molar-refractivity contribution in [1.82, 2.24) is 4.72 Å². The summed E-state index contributed by atoms with van der Waals surface area (Å²) in [4.78, 5) is 1.06. The number of sulfonamides is 1. The molecule has 0 unspecified atom stereocenters. The fourth-order valence-electron chi connectivity index (χ4n) is 3.46. The minimum atomic E-state index is -3.47. The molecule has 1 N–H and O–H groups in total. The molecule has 26 heavy (non-hydrogen) atoms. The molecule has 3 atom stereocenters. The molecule has 1 aliphatic carbocycles. The molecule has 134 valence electrons. The molecule has 5 heteroatoms. The third-order valence-electron chi connectivity index (χ3n) is 4.98. The van der Waals surface area contributed by atoms with Gasteiger partial charge in [-0.15, -0.1) is 11.3 Å². The van der Waals surface area contributed by atoms with Crippen LogP contribution in [0.5, 0.6) is 0 Å². The topological polar surface area (TPSA) is 46.2 Å². The van der Waals surface area contributed by atoms with Crippen LogP contribution in [0.1, 0.15) is 28.8 Å². The highest BCUT2D eigenvalue weighted by Crippen LogP contribution is 2.48. The predicted octanol–water partition coefficient (Wildman–Crippen LogP) is 4.42. The summed E-state index contributed by atoms with van der Waals surface area (Å²) < 4.78 is 28.8. The van der Waals surface area contributed by atoms with E-state index in [4.69, 9.17) is 0 Å². The average Bonchev–Trinajstić information content (AvgIpc) is 3.05. The van der Waals surface area contributed by atoms with Crippen LogP contribution in [0.15, 0.2) is 77.0 Å². The lowest BCUT2D eigenvalue weighted by atomic mass is 10.1. The molecule has 1 saturated carbocycles. The quantitative estimate of drug-likeness (QED) is 0.685. The van der Waals surface area contributed by atoms with Gasteiger partial charge in [-0.05, 0) is 29.2 Å². The van der Waals surface area contributed by atoms with Crippen molar-refractivity contribution < 1.29 is 8.42 Å². The van der Waals surface area contributed by atoms with Gasteiger partial charge in [0.1, 0.15) is 4.21 Å². The second kappa shape index (κ2) is 6.99. The minimum absolute atomic E-state index is 0.0259. The van der Waals surface area contributed by atoms with Gasteiger partial charge in [0, 0.05) is 23.3 Å². The molecular weight excluding hydrogens is 362 g/mol. The van der Waals surface area contributed by atoms with Gasteiger partial charge in [-0.2, -0.15) is 0 Å². The highest BCUT2D eigenvalue weighted by Gasteiger charge is 2.49. The van der Waals surface area contributed by atoms with Crippen molar-refractivity contribution in [2.24, 2.45) is 5.92 Å². The van der Waals surface area contributed by atoms with E-state index < -0.39 is 10.0 Å². The van der Waals surface area contributed by atoms with Crippen molar-refractivity contribution in [3.05, 3.63) is 88.8 Å². The van der Waals surface area contributed by atoms with Gasteiger partial charge >= 0.3 is 0 Å². The van der Waals surface area contributed by atoms with Crippen LogP contribution in [0, 0.1) is 5.92 Å². The summed E-state index contributed by atoms with van der Waals surface area (Å²) in [6, 6.07) is 23.8. The van der Waals surface area contributed by atoms with E-state index in [0.29, 0.717) is 10.1 Å². The maximum Gasteiger partial charge on any atom is 0.250 e. The standard InChI is InChI=1S/C21H21NO2S2/c1-15-20(17-10-6-3-7-11-17)21(15)22-26(23,24)19-13-12-18(25-19)14-16-8-4-2-5-9-16/h2-13,15,20-22H,14H2,1H3/t15-,20-,21+/m0/s1. The lowest BCUT2D eigenvalue weighted by Crippen LogP contribution is -2.27. The van der Waals surface area contributed by atoms with Gasteiger partial charge in [0.25, 0.3) is 0 Å². The van der Waals surface area contributed by atoms with Gasteiger partial charge in [0.2, 0.25) is 10.0 Å². The van der Waals surface area contributed by atoms with Crippen molar-refractivity contribution in [3.8, 4) is 0 Å². The van der Waals surface area contributed by atoms with Crippen LogP contribution in [0.2, 0.25) is 0 Å². The van der Waals surface area contributed by atoms with Gasteiger partial charge in [-0.1, -0.05) is 67.6 Å². The maximum atomic E-state index is 12.8. The number of nitrogens with one attached hydrogen (secondary N) is 1. The van der Waals surface area contributed by atoms with E-state index in [1.165, 1.54) is 22.5 Å². The van der Waals surface area contributed by atoms with E-state index >= 15 is 0 Å². The Morgan fingerprint density at radius 1 is 0.923 bits per heavy atom. The molecule has 0 radical (unpaired) electrons. The second-order valence-electron chi connectivity index (χ2n) is 6.83. The Morgan fingerprint density at radius 2 is 1.58 bits per heavy atom. The molecule has 3 nitrogen and oxygen atoms in total. The van der Waals surface area contributed by atoms with Crippen molar-refractivity contribution in [1.29, 1.82) is 0 Å². The average molecular weight is 384 g/mol. The lowest BCUT2D eigenvalue weighted by Gasteiger charge is -2.04. The molecule has 1 fully saturated rings. The number of thiophene rings is 1. The largest absolute Gasteiger partial charge is 0.250 e. The van der Waals surface area contributed by atoms with Crippen molar-refractivity contribution in [3.63, 3.8) is 0 Å². The summed E-state index contributed by atoms with van der Waals surface area (Å²) in [7, 11) is -3.47. The third kappa shape index (κ3) is 3.61. The Hall–Kier alpha value is -1.95. The molecular formula is C21H21NO2S2. The molecule has 0 amide bonds. The van der Waals surface area contributed by atoms with E-state index in [2.05, 4.69) is 35.9 Å². The van der Waals surface area contributed by atoms with Gasteiger partial charge in [-0.25, -0.2) is 13.1 Å². The Kier molecular flexibility index (Phi) is 4.69. The molecule has 4 rings (SSSR count). The highest BCUT2D eigenvalue weighted by atomic mass is 32.2. The molecule has 1 aromatic heterocycles. The highest BCUT2D eigenvalue weighted by molar-refractivity contribution is 7.91. The number of hydrogen-bond acceptors (Lipinski definition) is 3. The summed E-state index contributed by atoms with van der Waals surface area (Å²) in [5.74, 6) is 0.575. The summed E-state index contributed by atoms with van der Waals surface area (Å²) >= 11 is 1.35. The van der Waals surface area contributed by atoms with Gasteiger partial charge in [0.05, 0.1) is 0 Å². The van der Waals surface area contributed by atoms with E-state index in [1.807, 2.05) is 42.5 Å². The van der Waals surface area contributed by atoms with Crippen LogP contribution in [-0.4, -0.2) is 14.5 Å². The van der Waals surface area contributed by atoms with E-state index in [-0.39, 0.29) is 12.0 Å². The summed E-state index contributed by atoms with van der Waals surface area (Å²) in [5, 5.41) is 0. The van der Waals surface area contributed by atoms with Crippen LogP contribution in [0.3, 0.4) is 0 Å². The van der Waals surface area contributed by atoms with Crippen LogP contribution in [0.4, 0.5) is 0 Å². The summed E-state index contributed by atoms with van der Waals surface area (Å²) in [5.41, 5.74) is 2.38. The Balaban J connectivity index is 1.46. The molecule has 1 aliphatic rings. The first-order valence-corrected chi connectivity index (χ1v) is 11.0. The fourth-order valence-corrected chi connectivity index (χ4v) is 6.22. The fraction of sp³-hybridized carbons (Fsp3) is 0.238. The normalized spacial score (nSPS) is 22.3. The zero-order chi connectivity index (χ0) is 18.1. The predicted molar refractivity (Wildman–Crippen MR) is 106 cm³/mol. The van der Waals surface area contributed by atoms with Crippen molar-refractivity contribution >= 4 is 21.4 Å². The zero-order valence-electron chi connectivity index (χ0n) is 14.5. The van der Waals surface area contributed by atoms with E-state index in [9.17, 15) is 8.42 Å². The van der Waals surface area contributed by atoms with Gasteiger partial charge in [0.15, 0.2) is 0 Å². The van der Waals surface area contributed by atoms with Crippen LogP contribution in [-0.2, 0) is 16.4 Å². The van der Waals surface area contributed by atoms with Gasteiger partial charge in [-0.3, -0.25) is 0 Å². The molecule has 0 aliphatic heterocycles. The Labute approximate surface area is 158 Å². The van der Waals surface area contributed by atoms with E-state index in [1.54, 1.807) is 6.07 Å². The van der Waals surface area contributed by atoms with Crippen molar-refractivity contribution in [2.45, 2.75) is 29.5 Å². The monoisotopic (exact) mass is 383 g/mol. The summed E-state index contributed by atoms with van der Waals surface area (Å²) in [6.07, 6.45) is 0.757. The molecule has 1 heterocycles. The molecule has 3 aromatic rings.